The van der Waals surface area contributed by atoms with Crippen LogP contribution < -0.4 is 10.1 Å². The summed E-state index contributed by atoms with van der Waals surface area (Å²) in [5.74, 6) is 0.872. The third-order valence-electron chi connectivity index (χ3n) is 4.68. The number of amides is 1. The number of carbonyl (C=O) groups excluding carboxylic acids is 1. The van der Waals surface area contributed by atoms with Gasteiger partial charge in [0.1, 0.15) is 11.4 Å². The lowest BCUT2D eigenvalue weighted by Crippen LogP contribution is -2.55. The summed E-state index contributed by atoms with van der Waals surface area (Å²) in [5, 5.41) is 22.1. The summed E-state index contributed by atoms with van der Waals surface area (Å²) < 4.78 is 11.0. The van der Waals surface area contributed by atoms with Gasteiger partial charge in [-0.15, -0.1) is 0 Å². The zero-order chi connectivity index (χ0) is 21.8. The minimum absolute atomic E-state index is 0.354. The van der Waals surface area contributed by atoms with E-state index in [4.69, 9.17) is 9.47 Å². The molecule has 0 aromatic heterocycles. The van der Waals surface area contributed by atoms with Gasteiger partial charge < -0.3 is 25.0 Å². The van der Waals surface area contributed by atoms with Crippen LogP contribution in [0.1, 0.15) is 71.8 Å². The molecule has 0 atom stereocenters. The molecule has 1 rings (SSSR count). The van der Waals surface area contributed by atoms with Crippen molar-refractivity contribution in [3.05, 3.63) is 29.8 Å². The highest BCUT2D eigenvalue weighted by molar-refractivity contribution is 5.68. The molecule has 0 bridgehead atoms. The first-order valence-electron chi connectivity index (χ1n) is 10.7. The van der Waals surface area contributed by atoms with E-state index in [0.29, 0.717) is 12.8 Å². The van der Waals surface area contributed by atoms with E-state index in [1.54, 1.807) is 20.8 Å². The van der Waals surface area contributed by atoms with Crippen LogP contribution in [0.2, 0.25) is 0 Å². The van der Waals surface area contributed by atoms with E-state index in [1.165, 1.54) is 19.3 Å². The smallest absolute Gasteiger partial charge is 0.408 e. The number of ether oxygens (including phenoxy) is 2. The highest BCUT2D eigenvalue weighted by atomic mass is 16.6. The maximum absolute atomic E-state index is 12.0. The van der Waals surface area contributed by atoms with Crippen LogP contribution in [0.25, 0.3) is 0 Å². The first-order chi connectivity index (χ1) is 13.7. The minimum atomic E-state index is -1.09. The summed E-state index contributed by atoms with van der Waals surface area (Å²) in [4.78, 5) is 12.0. The lowest BCUT2D eigenvalue weighted by atomic mass is 9.93. The van der Waals surface area contributed by atoms with Crippen molar-refractivity contribution in [3.63, 3.8) is 0 Å². The second kappa shape index (κ2) is 12.7. The van der Waals surface area contributed by atoms with Crippen molar-refractivity contribution < 1.29 is 24.5 Å². The monoisotopic (exact) mass is 409 g/mol. The SMILES string of the molecule is CCCCCCOc1ccc(CCCC(CO)(CO)NC(=O)OC(C)(C)C)cc1. The van der Waals surface area contributed by atoms with Gasteiger partial charge in [0.25, 0.3) is 0 Å². The Morgan fingerprint density at radius 2 is 1.66 bits per heavy atom. The number of aliphatic hydroxyl groups excluding tert-OH is 2. The molecule has 1 aromatic rings. The second-order valence-electron chi connectivity index (χ2n) is 8.63. The molecule has 3 N–H and O–H groups in total. The Labute approximate surface area is 175 Å². The van der Waals surface area contributed by atoms with E-state index in [2.05, 4.69) is 12.2 Å². The number of hydrogen-bond donors (Lipinski definition) is 3. The Hall–Kier alpha value is -1.79. The van der Waals surface area contributed by atoms with Crippen molar-refractivity contribution in [2.75, 3.05) is 19.8 Å². The van der Waals surface area contributed by atoms with Crippen molar-refractivity contribution in [2.24, 2.45) is 0 Å². The molecule has 0 aliphatic heterocycles. The molecule has 6 nitrogen and oxygen atoms in total. The van der Waals surface area contributed by atoms with E-state index in [0.717, 1.165) is 30.8 Å². The Kier molecular flexibility index (Phi) is 11.1. The Morgan fingerprint density at radius 1 is 1.00 bits per heavy atom. The number of alkyl carbamates (subject to hydrolysis) is 1. The fourth-order valence-electron chi connectivity index (χ4n) is 2.97. The van der Waals surface area contributed by atoms with Gasteiger partial charge in [0.05, 0.1) is 25.4 Å². The van der Waals surface area contributed by atoms with Crippen LogP contribution in [0.4, 0.5) is 4.79 Å². The number of rotatable bonds is 13. The molecule has 29 heavy (non-hydrogen) atoms. The molecule has 0 radical (unpaired) electrons. The van der Waals surface area contributed by atoms with E-state index in [-0.39, 0.29) is 13.2 Å². The van der Waals surface area contributed by atoms with Crippen LogP contribution in [-0.2, 0) is 11.2 Å². The fraction of sp³-hybridized carbons (Fsp3) is 0.696. The van der Waals surface area contributed by atoms with Gasteiger partial charge in [0.2, 0.25) is 0 Å². The first kappa shape index (κ1) is 25.2. The van der Waals surface area contributed by atoms with Crippen LogP contribution >= 0.6 is 0 Å². The van der Waals surface area contributed by atoms with E-state index in [1.807, 2.05) is 24.3 Å². The average Bonchev–Trinajstić information content (AvgIpc) is 2.66. The third kappa shape index (κ3) is 10.5. The zero-order valence-corrected chi connectivity index (χ0v) is 18.5. The maximum Gasteiger partial charge on any atom is 0.408 e. The average molecular weight is 410 g/mol. The summed E-state index contributed by atoms with van der Waals surface area (Å²) in [6, 6.07) is 8.00. The highest BCUT2D eigenvalue weighted by Crippen LogP contribution is 2.19. The molecule has 0 heterocycles. The maximum atomic E-state index is 12.0. The molecule has 0 saturated heterocycles. The summed E-state index contributed by atoms with van der Waals surface area (Å²) in [5.41, 5.74) is -0.588. The summed E-state index contributed by atoms with van der Waals surface area (Å²) in [7, 11) is 0. The van der Waals surface area contributed by atoms with Gasteiger partial charge in [-0.1, -0.05) is 38.3 Å². The number of hydrogen-bond acceptors (Lipinski definition) is 5. The zero-order valence-electron chi connectivity index (χ0n) is 18.5. The van der Waals surface area contributed by atoms with Crippen LogP contribution in [0.15, 0.2) is 24.3 Å². The van der Waals surface area contributed by atoms with Gasteiger partial charge in [-0.3, -0.25) is 0 Å². The summed E-state index contributed by atoms with van der Waals surface area (Å²) in [6.07, 6.45) is 6.01. The summed E-state index contributed by atoms with van der Waals surface area (Å²) >= 11 is 0. The predicted molar refractivity (Wildman–Crippen MR) is 115 cm³/mol. The summed E-state index contributed by atoms with van der Waals surface area (Å²) in [6.45, 7) is 7.53. The van der Waals surface area contributed by atoms with Crippen molar-refractivity contribution in [1.82, 2.24) is 5.32 Å². The number of carbonyl (C=O) groups is 1. The third-order valence-corrected chi connectivity index (χ3v) is 4.68. The molecule has 1 aromatic carbocycles. The van der Waals surface area contributed by atoms with Crippen LogP contribution in [-0.4, -0.2) is 47.3 Å². The number of unbranched alkanes of at least 4 members (excludes halogenated alkanes) is 3. The molecule has 0 spiro atoms. The normalized spacial score (nSPS) is 11.9. The van der Waals surface area contributed by atoms with Crippen LogP contribution in [0, 0.1) is 0 Å². The molecule has 1 amide bonds. The number of aryl methyl sites for hydroxylation is 1. The van der Waals surface area contributed by atoms with Crippen molar-refractivity contribution in [3.8, 4) is 5.75 Å². The topological polar surface area (TPSA) is 88.0 Å². The molecule has 166 valence electrons. The van der Waals surface area contributed by atoms with E-state index < -0.39 is 17.2 Å². The number of nitrogens with one attached hydrogen (secondary N) is 1. The molecule has 6 heteroatoms. The molecular formula is C23H39NO5. The second-order valence-corrected chi connectivity index (χ2v) is 8.63. The lowest BCUT2D eigenvalue weighted by Gasteiger charge is -2.32. The first-order valence-corrected chi connectivity index (χ1v) is 10.7. The van der Waals surface area contributed by atoms with Crippen molar-refractivity contribution >= 4 is 6.09 Å². The predicted octanol–water partition coefficient (Wildman–Crippen LogP) is 4.22. The van der Waals surface area contributed by atoms with Gasteiger partial charge in [-0.25, -0.2) is 4.79 Å². The fourth-order valence-corrected chi connectivity index (χ4v) is 2.97. The van der Waals surface area contributed by atoms with E-state index in [9.17, 15) is 15.0 Å². The standard InChI is InChI=1S/C23H39NO5/c1-5-6-7-8-16-28-20-13-11-19(12-14-20)10-9-15-23(17-25,18-26)24-21(27)29-22(2,3)4/h11-14,25-26H,5-10,15-18H2,1-4H3,(H,24,27). The molecule has 0 unspecified atom stereocenters. The largest absolute Gasteiger partial charge is 0.494 e. The highest BCUT2D eigenvalue weighted by Gasteiger charge is 2.32. The van der Waals surface area contributed by atoms with Gasteiger partial charge in [0, 0.05) is 0 Å². The molecule has 0 saturated carbocycles. The quantitative estimate of drug-likeness (QED) is 0.425. The minimum Gasteiger partial charge on any atom is -0.494 e. The Bertz CT molecular complexity index is 576. The van der Waals surface area contributed by atoms with Crippen LogP contribution in [0.5, 0.6) is 5.75 Å². The van der Waals surface area contributed by atoms with Crippen LogP contribution in [0.3, 0.4) is 0 Å². The van der Waals surface area contributed by atoms with E-state index >= 15 is 0 Å². The molecule has 0 fully saturated rings. The molecular weight excluding hydrogens is 370 g/mol. The van der Waals surface area contributed by atoms with Gasteiger partial charge in [0.15, 0.2) is 0 Å². The number of aliphatic hydroxyl groups is 2. The van der Waals surface area contributed by atoms with Gasteiger partial charge in [-0.05, 0) is 64.2 Å². The Morgan fingerprint density at radius 3 is 2.21 bits per heavy atom. The Balaban J connectivity index is 2.46. The molecule has 0 aliphatic rings. The van der Waals surface area contributed by atoms with Crippen molar-refractivity contribution in [2.45, 2.75) is 83.8 Å². The van der Waals surface area contributed by atoms with Gasteiger partial charge >= 0.3 is 6.09 Å². The molecule has 0 aliphatic carbocycles. The number of benzene rings is 1. The van der Waals surface area contributed by atoms with Crippen molar-refractivity contribution in [1.29, 1.82) is 0 Å². The lowest BCUT2D eigenvalue weighted by molar-refractivity contribution is 0.0271. The van der Waals surface area contributed by atoms with Gasteiger partial charge in [-0.2, -0.15) is 0 Å².